The third-order valence-corrected chi connectivity index (χ3v) is 6.41. The summed E-state index contributed by atoms with van der Waals surface area (Å²) in [4.78, 5) is 30.1. The maximum Gasteiger partial charge on any atom is 0.300 e. The Balaban J connectivity index is 1.98. The molecule has 1 unspecified atom stereocenters. The van der Waals surface area contributed by atoms with Gasteiger partial charge in [0.25, 0.3) is 11.7 Å². The lowest BCUT2D eigenvalue weighted by atomic mass is 9.94. The second-order valence-corrected chi connectivity index (χ2v) is 9.31. The van der Waals surface area contributed by atoms with Crippen molar-refractivity contribution in [2.45, 2.75) is 13.0 Å². The van der Waals surface area contributed by atoms with E-state index in [1.807, 2.05) is 62.3 Å². The number of ketones is 1. The van der Waals surface area contributed by atoms with Gasteiger partial charge in [-0.3, -0.25) is 14.5 Å². The van der Waals surface area contributed by atoms with Crippen LogP contribution >= 0.6 is 23.2 Å². The van der Waals surface area contributed by atoms with Gasteiger partial charge in [-0.25, -0.2) is 0 Å². The average Bonchev–Trinajstić information content (AvgIpc) is 3.08. The van der Waals surface area contributed by atoms with E-state index in [0.717, 1.165) is 11.3 Å². The molecule has 0 aliphatic carbocycles. The van der Waals surface area contributed by atoms with E-state index < -0.39 is 23.5 Å². The Bertz CT molecular complexity index is 1350. The first-order valence-corrected chi connectivity index (χ1v) is 11.6. The van der Waals surface area contributed by atoms with E-state index in [2.05, 4.69) is 0 Å². The summed E-state index contributed by atoms with van der Waals surface area (Å²) in [6.07, 6.45) is 0. The summed E-state index contributed by atoms with van der Waals surface area (Å²) in [5.74, 6) is -1.83. The first kappa shape index (κ1) is 24.6. The van der Waals surface area contributed by atoms with E-state index in [-0.39, 0.29) is 26.9 Å². The summed E-state index contributed by atoms with van der Waals surface area (Å²) in [7, 11) is 5.23. The van der Waals surface area contributed by atoms with Crippen LogP contribution in [0.3, 0.4) is 0 Å². The van der Waals surface area contributed by atoms with Gasteiger partial charge in [0.2, 0.25) is 0 Å². The van der Waals surface area contributed by atoms with E-state index in [4.69, 9.17) is 27.9 Å². The fourth-order valence-electron chi connectivity index (χ4n) is 4.25. The van der Waals surface area contributed by atoms with Crippen LogP contribution < -0.4 is 14.5 Å². The summed E-state index contributed by atoms with van der Waals surface area (Å²) in [6, 6.07) is 16.8. The SMILES string of the molecule is COc1c(Cl)cc(Cl)cc1/C(O)=C1\C(=O)C(=O)N(c2ccc(N(C)C)cc2)C1c1cccc(C)c1. The summed E-state index contributed by atoms with van der Waals surface area (Å²) in [5, 5.41) is 11.8. The number of aliphatic hydroxyl groups excluding tert-OH is 1. The molecule has 1 saturated heterocycles. The fourth-order valence-corrected chi connectivity index (χ4v) is 4.83. The van der Waals surface area contributed by atoms with Crippen molar-refractivity contribution < 1.29 is 19.4 Å². The number of rotatable bonds is 5. The highest BCUT2D eigenvalue weighted by Crippen LogP contribution is 2.45. The molecule has 0 radical (unpaired) electrons. The smallest absolute Gasteiger partial charge is 0.300 e. The maximum absolute atomic E-state index is 13.4. The molecule has 4 rings (SSSR count). The Morgan fingerprint density at radius 1 is 1.03 bits per heavy atom. The lowest BCUT2D eigenvalue weighted by Gasteiger charge is -2.26. The third-order valence-electron chi connectivity index (χ3n) is 5.91. The largest absolute Gasteiger partial charge is 0.507 e. The van der Waals surface area contributed by atoms with Crippen LogP contribution in [-0.4, -0.2) is 38.0 Å². The molecule has 35 heavy (non-hydrogen) atoms. The molecule has 1 aliphatic rings. The van der Waals surface area contributed by atoms with E-state index in [0.29, 0.717) is 11.3 Å². The molecule has 1 heterocycles. The Morgan fingerprint density at radius 3 is 2.31 bits per heavy atom. The van der Waals surface area contributed by atoms with Crippen molar-refractivity contribution in [2.24, 2.45) is 0 Å². The average molecular weight is 511 g/mol. The number of benzene rings is 3. The van der Waals surface area contributed by atoms with Gasteiger partial charge in [0, 0.05) is 30.5 Å². The standard InChI is InChI=1S/C27H24Cl2N2O4/c1-15-6-5-7-16(12-15)23-22(24(32)20-13-17(28)14-21(29)26(20)35-4)25(33)27(34)31(23)19-10-8-18(9-11-19)30(2)3/h5-14,23,32H,1-4H3/b24-22+. The highest BCUT2D eigenvalue weighted by atomic mass is 35.5. The van der Waals surface area contributed by atoms with Gasteiger partial charge in [0.15, 0.2) is 0 Å². The molecule has 3 aromatic rings. The number of nitrogens with zero attached hydrogens (tertiary/aromatic N) is 2. The Morgan fingerprint density at radius 2 is 1.71 bits per heavy atom. The quantitative estimate of drug-likeness (QED) is 0.259. The lowest BCUT2D eigenvalue weighted by molar-refractivity contribution is -0.132. The number of anilines is 2. The molecule has 0 spiro atoms. The normalized spacial score (nSPS) is 17.1. The number of carbonyl (C=O) groups excluding carboxylic acids is 2. The minimum absolute atomic E-state index is 0.0751. The van der Waals surface area contributed by atoms with Crippen molar-refractivity contribution in [3.63, 3.8) is 0 Å². The Hall–Kier alpha value is -3.48. The first-order chi connectivity index (χ1) is 16.6. The number of aliphatic hydroxyl groups is 1. The van der Waals surface area contributed by atoms with Crippen LogP contribution in [0.2, 0.25) is 10.0 Å². The summed E-state index contributed by atoms with van der Waals surface area (Å²) in [5.41, 5.74) is 3.14. The van der Waals surface area contributed by atoms with Crippen LogP contribution in [0.1, 0.15) is 22.7 Å². The highest BCUT2D eigenvalue weighted by molar-refractivity contribution is 6.52. The maximum atomic E-state index is 13.4. The number of halogens is 2. The molecule has 3 aromatic carbocycles. The summed E-state index contributed by atoms with van der Waals surface area (Å²) < 4.78 is 5.38. The van der Waals surface area contributed by atoms with Crippen molar-refractivity contribution in [1.82, 2.24) is 0 Å². The van der Waals surface area contributed by atoms with Crippen LogP contribution in [0.25, 0.3) is 5.76 Å². The van der Waals surface area contributed by atoms with Gasteiger partial charge in [-0.1, -0.05) is 53.0 Å². The number of Topliss-reactive ketones (excluding diaryl/α,β-unsaturated/α-hetero) is 1. The molecule has 1 aliphatic heterocycles. The molecule has 6 nitrogen and oxygen atoms in total. The number of aryl methyl sites for hydroxylation is 1. The predicted molar refractivity (Wildman–Crippen MR) is 140 cm³/mol. The van der Waals surface area contributed by atoms with E-state index >= 15 is 0 Å². The van der Waals surface area contributed by atoms with Gasteiger partial charge in [0.1, 0.15) is 11.5 Å². The summed E-state index contributed by atoms with van der Waals surface area (Å²) >= 11 is 12.5. The van der Waals surface area contributed by atoms with Crippen molar-refractivity contribution in [3.8, 4) is 5.75 Å². The zero-order chi connectivity index (χ0) is 25.4. The minimum atomic E-state index is -0.873. The van der Waals surface area contributed by atoms with Crippen LogP contribution in [0.5, 0.6) is 5.75 Å². The number of ether oxygens (including phenoxy) is 1. The van der Waals surface area contributed by atoms with Crippen molar-refractivity contribution in [3.05, 3.63) is 93.0 Å². The molecule has 180 valence electrons. The molecule has 0 saturated carbocycles. The van der Waals surface area contributed by atoms with Crippen LogP contribution in [-0.2, 0) is 9.59 Å². The van der Waals surface area contributed by atoms with Crippen LogP contribution in [0, 0.1) is 6.92 Å². The molecule has 0 bridgehead atoms. The molecule has 0 aromatic heterocycles. The van der Waals surface area contributed by atoms with Crippen molar-refractivity contribution >= 4 is 52.0 Å². The number of methoxy groups -OCH3 is 1. The van der Waals surface area contributed by atoms with Crippen LogP contribution in [0.15, 0.2) is 66.2 Å². The van der Waals surface area contributed by atoms with Gasteiger partial charge in [-0.2, -0.15) is 0 Å². The van der Waals surface area contributed by atoms with Gasteiger partial charge in [-0.15, -0.1) is 0 Å². The molecular weight excluding hydrogens is 487 g/mol. The van der Waals surface area contributed by atoms with Crippen LogP contribution in [0.4, 0.5) is 11.4 Å². The minimum Gasteiger partial charge on any atom is -0.507 e. The van der Waals surface area contributed by atoms with E-state index in [1.165, 1.54) is 24.1 Å². The van der Waals surface area contributed by atoms with Gasteiger partial charge < -0.3 is 14.7 Å². The molecule has 8 heteroatoms. The fraction of sp³-hybridized carbons (Fsp3) is 0.185. The second-order valence-electron chi connectivity index (χ2n) is 8.46. The topological polar surface area (TPSA) is 70.1 Å². The van der Waals surface area contributed by atoms with Crippen molar-refractivity contribution in [1.29, 1.82) is 0 Å². The number of amides is 1. The van der Waals surface area contributed by atoms with Crippen molar-refractivity contribution in [2.75, 3.05) is 31.0 Å². The number of carbonyl (C=O) groups is 2. The highest BCUT2D eigenvalue weighted by Gasteiger charge is 2.47. The zero-order valence-corrected chi connectivity index (χ0v) is 21.2. The Kier molecular flexibility index (Phi) is 6.79. The van der Waals surface area contributed by atoms with Gasteiger partial charge >= 0.3 is 0 Å². The Labute approximate surface area is 213 Å². The molecule has 1 N–H and O–H groups in total. The van der Waals surface area contributed by atoms with Gasteiger partial charge in [0.05, 0.1) is 29.3 Å². The van der Waals surface area contributed by atoms with E-state index in [9.17, 15) is 14.7 Å². The summed E-state index contributed by atoms with van der Waals surface area (Å²) in [6.45, 7) is 1.92. The number of hydrogen-bond acceptors (Lipinski definition) is 5. The second kappa shape index (κ2) is 9.64. The predicted octanol–water partition coefficient (Wildman–Crippen LogP) is 6.00. The zero-order valence-electron chi connectivity index (χ0n) is 19.7. The monoisotopic (exact) mass is 510 g/mol. The first-order valence-electron chi connectivity index (χ1n) is 10.8. The van der Waals surface area contributed by atoms with E-state index in [1.54, 1.807) is 12.1 Å². The number of hydrogen-bond donors (Lipinski definition) is 1. The third kappa shape index (κ3) is 4.47. The van der Waals surface area contributed by atoms with Gasteiger partial charge in [-0.05, 0) is 48.9 Å². The molecule has 1 amide bonds. The molecule has 1 atom stereocenters. The molecular formula is C27H24Cl2N2O4. The molecule has 1 fully saturated rings. The lowest BCUT2D eigenvalue weighted by Crippen LogP contribution is -2.29.